The molecule has 7 heteroatoms. The summed E-state index contributed by atoms with van der Waals surface area (Å²) in [6, 6.07) is 5.03. The smallest absolute Gasteiger partial charge is 0.494 e. The van der Waals surface area contributed by atoms with Gasteiger partial charge in [0.25, 0.3) is 5.91 Å². The monoisotopic (exact) mass is 349 g/mol. The fourth-order valence-corrected chi connectivity index (χ4v) is 2.53. The van der Waals surface area contributed by atoms with Gasteiger partial charge in [0.15, 0.2) is 0 Å². The quantitative estimate of drug-likeness (QED) is 0.815. The highest BCUT2D eigenvalue weighted by Crippen LogP contribution is 2.36. The van der Waals surface area contributed by atoms with Crippen LogP contribution < -0.4 is 10.2 Å². The van der Waals surface area contributed by atoms with E-state index in [2.05, 4.69) is 0 Å². The summed E-state index contributed by atoms with van der Waals surface area (Å²) < 4.78 is 17.5. The van der Waals surface area contributed by atoms with E-state index < -0.39 is 18.3 Å². The van der Waals surface area contributed by atoms with Gasteiger partial charge >= 0.3 is 7.12 Å². The maximum atomic E-state index is 12.8. The van der Waals surface area contributed by atoms with Crippen molar-refractivity contribution in [1.82, 2.24) is 4.90 Å². The number of aliphatic hydroxyl groups excluding tert-OH is 1. The molecule has 1 heterocycles. The Balaban J connectivity index is 2.37. The first-order chi connectivity index (χ1) is 11.5. The maximum Gasteiger partial charge on any atom is 0.494 e. The second kappa shape index (κ2) is 6.98. The zero-order chi connectivity index (χ0) is 19.0. The van der Waals surface area contributed by atoms with Crippen molar-refractivity contribution in [1.29, 1.82) is 0 Å². The molecule has 1 saturated heterocycles. The van der Waals surface area contributed by atoms with E-state index in [4.69, 9.17) is 14.0 Å². The molecule has 0 spiro atoms. The Kier molecular flexibility index (Phi) is 5.51. The molecule has 1 aromatic carbocycles. The molecule has 138 valence electrons. The lowest BCUT2D eigenvalue weighted by molar-refractivity contribution is 0.00578. The molecule has 1 aromatic rings. The number of amides is 1. The highest BCUT2D eigenvalue weighted by molar-refractivity contribution is 6.62. The van der Waals surface area contributed by atoms with E-state index in [1.807, 2.05) is 33.8 Å². The molecule has 25 heavy (non-hydrogen) atoms. The molecule has 1 N–H and O–H groups in total. The second-order valence-electron chi connectivity index (χ2n) is 7.50. The summed E-state index contributed by atoms with van der Waals surface area (Å²) in [7, 11) is 2.63. The van der Waals surface area contributed by atoms with E-state index in [9.17, 15) is 9.90 Å². The predicted octanol–water partition coefficient (Wildman–Crippen LogP) is 1.45. The largest absolute Gasteiger partial charge is 0.496 e. The summed E-state index contributed by atoms with van der Waals surface area (Å²) in [6.07, 6.45) is 0. The van der Waals surface area contributed by atoms with E-state index in [0.717, 1.165) is 5.46 Å². The molecule has 1 fully saturated rings. The summed E-state index contributed by atoms with van der Waals surface area (Å²) in [5.74, 6) is 0.249. The normalized spacial score (nSPS) is 19.6. The molecular weight excluding hydrogens is 321 g/mol. The molecule has 1 aliphatic heterocycles. The number of hydrogen-bond donors (Lipinski definition) is 1. The number of carbonyl (C=O) groups excluding carboxylic acids is 1. The number of ether oxygens (including phenoxy) is 1. The zero-order valence-corrected chi connectivity index (χ0v) is 16.1. The van der Waals surface area contributed by atoms with Crippen LogP contribution in [0, 0.1) is 0 Å². The lowest BCUT2D eigenvalue weighted by atomic mass is 9.78. The Labute approximate surface area is 150 Å². The van der Waals surface area contributed by atoms with Gasteiger partial charge < -0.3 is 24.1 Å². The standard InChI is InChI=1S/C18H28BNO5/c1-12(11-21)20(6)16(22)14-10-13(8-9-15(14)23-7)19-24-17(2,3)18(4,5)25-19/h8-10,12,21H,11H2,1-7H3. The number of aliphatic hydroxyl groups is 1. The summed E-state index contributed by atoms with van der Waals surface area (Å²) in [5, 5.41) is 9.30. The Morgan fingerprint density at radius 3 is 2.32 bits per heavy atom. The molecule has 1 unspecified atom stereocenters. The van der Waals surface area contributed by atoms with Crippen LogP contribution in [0.25, 0.3) is 0 Å². The molecule has 1 atom stereocenters. The molecule has 0 radical (unpaired) electrons. The van der Waals surface area contributed by atoms with Gasteiger partial charge in [-0.25, -0.2) is 0 Å². The molecule has 1 aliphatic rings. The lowest BCUT2D eigenvalue weighted by Crippen LogP contribution is -2.41. The average Bonchev–Trinajstić information content (AvgIpc) is 2.79. The highest BCUT2D eigenvalue weighted by atomic mass is 16.7. The minimum Gasteiger partial charge on any atom is -0.496 e. The van der Waals surface area contributed by atoms with Crippen LogP contribution in [-0.2, 0) is 9.31 Å². The molecule has 0 aromatic heterocycles. The lowest BCUT2D eigenvalue weighted by Gasteiger charge is -2.32. The first kappa shape index (κ1) is 19.8. The first-order valence-corrected chi connectivity index (χ1v) is 8.45. The van der Waals surface area contributed by atoms with Gasteiger partial charge in [0.05, 0.1) is 36.5 Å². The number of carbonyl (C=O) groups is 1. The Bertz CT molecular complexity index is 630. The molecule has 1 amide bonds. The van der Waals surface area contributed by atoms with Crippen LogP contribution in [0.2, 0.25) is 0 Å². The minimum atomic E-state index is -0.553. The van der Waals surface area contributed by atoms with Crippen LogP contribution in [0.15, 0.2) is 18.2 Å². The Hall–Kier alpha value is -1.57. The fourth-order valence-electron chi connectivity index (χ4n) is 2.53. The van der Waals surface area contributed by atoms with Crippen LogP contribution >= 0.6 is 0 Å². The summed E-state index contributed by atoms with van der Waals surface area (Å²) in [5.41, 5.74) is 0.263. The zero-order valence-electron chi connectivity index (χ0n) is 16.1. The number of hydrogen-bond acceptors (Lipinski definition) is 5. The molecular formula is C18H28BNO5. The summed E-state index contributed by atoms with van der Waals surface area (Å²) in [6.45, 7) is 9.61. The van der Waals surface area contributed by atoms with Gasteiger partial charge in [-0.15, -0.1) is 0 Å². The van der Waals surface area contributed by atoms with Crippen molar-refractivity contribution in [3.8, 4) is 5.75 Å². The maximum absolute atomic E-state index is 12.8. The van der Waals surface area contributed by atoms with Crippen LogP contribution in [0.5, 0.6) is 5.75 Å². The van der Waals surface area contributed by atoms with Crippen LogP contribution in [0.1, 0.15) is 45.0 Å². The van der Waals surface area contributed by atoms with E-state index in [0.29, 0.717) is 11.3 Å². The Morgan fingerprint density at radius 1 is 1.28 bits per heavy atom. The van der Waals surface area contributed by atoms with Gasteiger partial charge in [0.2, 0.25) is 0 Å². The molecule has 6 nitrogen and oxygen atoms in total. The van der Waals surface area contributed by atoms with Gasteiger partial charge in [0.1, 0.15) is 5.75 Å². The third-order valence-electron chi connectivity index (χ3n) is 5.23. The number of methoxy groups -OCH3 is 1. The fraction of sp³-hybridized carbons (Fsp3) is 0.611. The van der Waals surface area contributed by atoms with Crippen LogP contribution in [-0.4, -0.2) is 61.0 Å². The van der Waals surface area contributed by atoms with Gasteiger partial charge in [-0.2, -0.15) is 0 Å². The van der Waals surface area contributed by atoms with Crippen molar-refractivity contribution in [3.05, 3.63) is 23.8 Å². The van der Waals surface area contributed by atoms with Crippen molar-refractivity contribution >= 4 is 18.5 Å². The van der Waals surface area contributed by atoms with Crippen LogP contribution in [0.3, 0.4) is 0 Å². The SMILES string of the molecule is COc1ccc(B2OC(C)(C)C(C)(C)O2)cc1C(=O)N(C)C(C)CO. The number of likely N-dealkylation sites (N-methyl/N-ethyl adjacent to an activating group) is 1. The summed E-state index contributed by atoms with van der Waals surface area (Å²) >= 11 is 0. The van der Waals surface area contributed by atoms with Gasteiger partial charge in [-0.1, -0.05) is 6.07 Å². The molecule has 0 saturated carbocycles. The first-order valence-electron chi connectivity index (χ1n) is 8.45. The number of benzene rings is 1. The van der Waals surface area contributed by atoms with Crippen molar-refractivity contribution < 1.29 is 23.9 Å². The number of rotatable bonds is 5. The third-order valence-corrected chi connectivity index (χ3v) is 5.23. The third kappa shape index (κ3) is 3.68. The van der Waals surface area contributed by atoms with Crippen molar-refractivity contribution in [2.45, 2.75) is 51.9 Å². The van der Waals surface area contributed by atoms with Crippen molar-refractivity contribution in [3.63, 3.8) is 0 Å². The van der Waals surface area contributed by atoms with Crippen LogP contribution in [0.4, 0.5) is 0 Å². The van der Waals surface area contributed by atoms with Gasteiger partial charge in [-0.3, -0.25) is 4.79 Å². The van der Waals surface area contributed by atoms with Gasteiger partial charge in [-0.05, 0) is 52.2 Å². The van der Waals surface area contributed by atoms with Gasteiger partial charge in [0, 0.05) is 7.05 Å². The van der Waals surface area contributed by atoms with Crippen molar-refractivity contribution in [2.24, 2.45) is 0 Å². The van der Waals surface area contributed by atoms with E-state index in [1.165, 1.54) is 12.0 Å². The molecule has 0 bridgehead atoms. The average molecular weight is 349 g/mol. The Morgan fingerprint density at radius 2 is 1.84 bits per heavy atom. The summed E-state index contributed by atoms with van der Waals surface area (Å²) in [4.78, 5) is 14.3. The van der Waals surface area contributed by atoms with E-state index in [-0.39, 0.29) is 18.6 Å². The topological polar surface area (TPSA) is 68.2 Å². The predicted molar refractivity (Wildman–Crippen MR) is 97.4 cm³/mol. The number of nitrogens with zero attached hydrogens (tertiary/aromatic N) is 1. The van der Waals surface area contributed by atoms with E-state index in [1.54, 1.807) is 26.1 Å². The van der Waals surface area contributed by atoms with E-state index >= 15 is 0 Å². The molecule has 2 rings (SSSR count). The molecule has 0 aliphatic carbocycles. The highest BCUT2D eigenvalue weighted by Gasteiger charge is 2.51. The van der Waals surface area contributed by atoms with Crippen molar-refractivity contribution in [2.75, 3.05) is 20.8 Å². The second-order valence-corrected chi connectivity index (χ2v) is 7.50. The minimum absolute atomic E-state index is 0.110.